The number of primary amides is 1. The molecule has 2 rings (SSSR count). The Bertz CT molecular complexity index is 553. The number of benzene rings is 1. The lowest BCUT2D eigenvalue weighted by Gasteiger charge is -1.99. The van der Waals surface area contributed by atoms with Crippen molar-refractivity contribution in [1.82, 2.24) is 10.2 Å². The van der Waals surface area contributed by atoms with Crippen LogP contribution < -0.4 is 5.73 Å². The molecule has 82 valence electrons. The van der Waals surface area contributed by atoms with E-state index in [0.29, 0.717) is 15.7 Å². The molecule has 16 heavy (non-hydrogen) atoms. The number of hydrogen-bond acceptors (Lipinski definition) is 2. The summed E-state index contributed by atoms with van der Waals surface area (Å²) in [6, 6.07) is 5.73. The second kappa shape index (κ2) is 4.05. The van der Waals surface area contributed by atoms with Gasteiger partial charge in [0.25, 0.3) is 5.91 Å². The number of halogens is 2. The molecule has 0 aliphatic heterocycles. The highest BCUT2D eigenvalue weighted by atomic mass is 79.9. The molecule has 6 heteroatoms. The minimum absolute atomic E-state index is 0.214. The molecule has 4 nitrogen and oxygen atoms in total. The molecule has 0 radical (unpaired) electrons. The molecule has 0 aliphatic rings. The zero-order valence-electron chi connectivity index (χ0n) is 8.00. The molecule has 1 amide bonds. The van der Waals surface area contributed by atoms with Crippen molar-refractivity contribution >= 4 is 21.8 Å². The van der Waals surface area contributed by atoms with E-state index in [4.69, 9.17) is 5.73 Å². The van der Waals surface area contributed by atoms with Crippen molar-refractivity contribution in [2.24, 2.45) is 5.73 Å². The molecule has 0 bridgehead atoms. The summed E-state index contributed by atoms with van der Waals surface area (Å²) in [6.45, 7) is 0. The predicted molar refractivity (Wildman–Crippen MR) is 60.2 cm³/mol. The highest BCUT2D eigenvalue weighted by molar-refractivity contribution is 9.10. The first kappa shape index (κ1) is 10.8. The van der Waals surface area contributed by atoms with E-state index in [1.165, 1.54) is 18.2 Å². The van der Waals surface area contributed by atoms with Gasteiger partial charge in [0.1, 0.15) is 11.5 Å². The monoisotopic (exact) mass is 283 g/mol. The number of H-pyrrole nitrogens is 1. The van der Waals surface area contributed by atoms with Crippen LogP contribution in [0, 0.1) is 5.82 Å². The lowest BCUT2D eigenvalue weighted by molar-refractivity contribution is 0.0995. The zero-order valence-corrected chi connectivity index (χ0v) is 9.58. The van der Waals surface area contributed by atoms with Gasteiger partial charge in [-0.15, -0.1) is 0 Å². The second-order valence-corrected chi connectivity index (χ2v) is 4.01. The van der Waals surface area contributed by atoms with Crippen LogP contribution in [0.2, 0.25) is 0 Å². The van der Waals surface area contributed by atoms with Crippen LogP contribution in [0.15, 0.2) is 28.7 Å². The Hall–Kier alpha value is -1.69. The molecular formula is C10H7BrFN3O. The largest absolute Gasteiger partial charge is 0.364 e. The van der Waals surface area contributed by atoms with Crippen molar-refractivity contribution in [2.75, 3.05) is 0 Å². The highest BCUT2D eigenvalue weighted by Gasteiger charge is 2.10. The molecule has 0 saturated heterocycles. The van der Waals surface area contributed by atoms with Gasteiger partial charge in [0.05, 0.1) is 5.69 Å². The summed E-state index contributed by atoms with van der Waals surface area (Å²) in [5, 5.41) is 6.43. The van der Waals surface area contributed by atoms with Gasteiger partial charge >= 0.3 is 0 Å². The number of hydrogen-bond donors (Lipinski definition) is 2. The first-order valence-corrected chi connectivity index (χ1v) is 5.18. The van der Waals surface area contributed by atoms with Crippen molar-refractivity contribution in [3.63, 3.8) is 0 Å². The maximum atomic E-state index is 12.9. The van der Waals surface area contributed by atoms with E-state index >= 15 is 0 Å². The van der Waals surface area contributed by atoms with E-state index in [0.717, 1.165) is 0 Å². The topological polar surface area (TPSA) is 71.8 Å². The van der Waals surface area contributed by atoms with Crippen molar-refractivity contribution in [3.8, 4) is 11.3 Å². The van der Waals surface area contributed by atoms with Gasteiger partial charge in [-0.05, 0) is 40.2 Å². The van der Waals surface area contributed by atoms with E-state index < -0.39 is 5.91 Å². The van der Waals surface area contributed by atoms with Crippen LogP contribution in [0.1, 0.15) is 10.5 Å². The van der Waals surface area contributed by atoms with Gasteiger partial charge in [0.2, 0.25) is 0 Å². The summed E-state index contributed by atoms with van der Waals surface area (Å²) in [6.07, 6.45) is 0. The van der Waals surface area contributed by atoms with Crippen molar-refractivity contribution in [3.05, 3.63) is 40.2 Å². The Kier molecular flexibility index (Phi) is 2.74. The Morgan fingerprint density at radius 2 is 2.19 bits per heavy atom. The van der Waals surface area contributed by atoms with E-state index in [1.54, 1.807) is 6.07 Å². The normalized spacial score (nSPS) is 10.4. The molecular weight excluding hydrogens is 277 g/mol. The van der Waals surface area contributed by atoms with Crippen molar-refractivity contribution < 1.29 is 9.18 Å². The van der Waals surface area contributed by atoms with Crippen LogP contribution in [0.25, 0.3) is 11.3 Å². The molecule has 1 aromatic carbocycles. The Morgan fingerprint density at radius 3 is 2.75 bits per heavy atom. The zero-order chi connectivity index (χ0) is 11.7. The van der Waals surface area contributed by atoms with Crippen LogP contribution in [0.4, 0.5) is 4.39 Å². The third-order valence-electron chi connectivity index (χ3n) is 2.05. The summed E-state index contributed by atoms with van der Waals surface area (Å²) >= 11 is 3.22. The van der Waals surface area contributed by atoms with E-state index in [-0.39, 0.29) is 11.5 Å². The van der Waals surface area contributed by atoms with Gasteiger partial charge < -0.3 is 5.73 Å². The quantitative estimate of drug-likeness (QED) is 0.886. The number of amides is 1. The number of carbonyl (C=O) groups is 1. The molecule has 0 aliphatic carbocycles. The van der Waals surface area contributed by atoms with E-state index in [1.807, 2.05) is 0 Å². The van der Waals surface area contributed by atoms with Crippen LogP contribution in [-0.4, -0.2) is 16.1 Å². The summed E-state index contributed by atoms with van der Waals surface area (Å²) < 4.78 is 13.4. The number of nitrogens with zero attached hydrogens (tertiary/aromatic N) is 1. The average Bonchev–Trinajstić information content (AvgIpc) is 2.66. The molecule has 2 aromatic rings. The fraction of sp³-hybridized carbons (Fsp3) is 0. The summed E-state index contributed by atoms with van der Waals surface area (Å²) in [7, 11) is 0. The number of nitrogens with two attached hydrogens (primary N) is 1. The van der Waals surface area contributed by atoms with Gasteiger partial charge in [0.15, 0.2) is 0 Å². The highest BCUT2D eigenvalue weighted by Crippen LogP contribution is 2.27. The second-order valence-electron chi connectivity index (χ2n) is 3.16. The number of aromatic nitrogens is 2. The lowest BCUT2D eigenvalue weighted by atomic mass is 10.1. The number of nitrogens with one attached hydrogen (secondary N) is 1. The van der Waals surface area contributed by atoms with Crippen LogP contribution in [0.5, 0.6) is 0 Å². The lowest BCUT2D eigenvalue weighted by Crippen LogP contribution is -2.10. The summed E-state index contributed by atoms with van der Waals surface area (Å²) in [4.78, 5) is 10.9. The van der Waals surface area contributed by atoms with Gasteiger partial charge in [0, 0.05) is 10.0 Å². The SMILES string of the molecule is NC(=O)c1cc(-c2ccc(F)cc2Br)n[nH]1. The minimum Gasteiger partial charge on any atom is -0.364 e. The minimum atomic E-state index is -0.586. The van der Waals surface area contributed by atoms with Gasteiger partial charge in [-0.3, -0.25) is 9.89 Å². The van der Waals surface area contributed by atoms with Crippen molar-refractivity contribution in [2.45, 2.75) is 0 Å². The molecule has 0 atom stereocenters. The Labute approximate surface area is 98.8 Å². The third-order valence-corrected chi connectivity index (χ3v) is 2.71. The third kappa shape index (κ3) is 1.96. The average molecular weight is 284 g/mol. The smallest absolute Gasteiger partial charge is 0.266 e. The number of aromatic amines is 1. The molecule has 1 heterocycles. The molecule has 0 fully saturated rings. The van der Waals surface area contributed by atoms with Gasteiger partial charge in [-0.1, -0.05) is 0 Å². The van der Waals surface area contributed by atoms with E-state index in [2.05, 4.69) is 26.1 Å². The van der Waals surface area contributed by atoms with Crippen LogP contribution in [0.3, 0.4) is 0 Å². The maximum Gasteiger partial charge on any atom is 0.266 e. The fourth-order valence-corrected chi connectivity index (χ4v) is 1.84. The van der Waals surface area contributed by atoms with E-state index in [9.17, 15) is 9.18 Å². The number of carbonyl (C=O) groups excluding carboxylic acids is 1. The Balaban J connectivity index is 2.46. The maximum absolute atomic E-state index is 12.9. The van der Waals surface area contributed by atoms with Crippen LogP contribution >= 0.6 is 15.9 Å². The van der Waals surface area contributed by atoms with Crippen LogP contribution in [-0.2, 0) is 0 Å². The fourth-order valence-electron chi connectivity index (χ4n) is 1.28. The first-order chi connectivity index (χ1) is 7.58. The molecule has 0 spiro atoms. The number of rotatable bonds is 2. The van der Waals surface area contributed by atoms with Crippen molar-refractivity contribution in [1.29, 1.82) is 0 Å². The molecule has 1 aromatic heterocycles. The predicted octanol–water partition coefficient (Wildman–Crippen LogP) is 2.08. The standard InChI is InChI=1S/C10H7BrFN3O/c11-7-3-5(12)1-2-6(7)8-4-9(10(13)16)15-14-8/h1-4H,(H2,13,16)(H,14,15). The molecule has 0 saturated carbocycles. The van der Waals surface area contributed by atoms with Gasteiger partial charge in [-0.2, -0.15) is 5.10 Å². The summed E-state index contributed by atoms with van der Waals surface area (Å²) in [5.41, 5.74) is 6.51. The first-order valence-electron chi connectivity index (χ1n) is 4.38. The summed E-state index contributed by atoms with van der Waals surface area (Å²) in [5.74, 6) is -0.932. The molecule has 3 N–H and O–H groups in total. The van der Waals surface area contributed by atoms with Gasteiger partial charge in [-0.25, -0.2) is 4.39 Å². The molecule has 0 unspecified atom stereocenters. The Morgan fingerprint density at radius 1 is 1.44 bits per heavy atom.